The third kappa shape index (κ3) is 4.13. The Labute approximate surface area is 175 Å². The van der Waals surface area contributed by atoms with Crippen LogP contribution in [0.5, 0.6) is 0 Å². The van der Waals surface area contributed by atoms with E-state index in [0.717, 1.165) is 11.1 Å². The van der Waals surface area contributed by atoms with Crippen LogP contribution in [0.15, 0.2) is 71.9 Å². The Kier molecular flexibility index (Phi) is 5.40. The number of nitrogens with zero attached hydrogens (tertiary/aromatic N) is 2. The lowest BCUT2D eigenvalue weighted by molar-refractivity contribution is -0.140. The highest BCUT2D eigenvalue weighted by Gasteiger charge is 2.52. The molecule has 0 N–H and O–H groups in total. The lowest BCUT2D eigenvalue weighted by Crippen LogP contribution is -2.49. The quantitative estimate of drug-likeness (QED) is 0.749. The predicted molar refractivity (Wildman–Crippen MR) is 114 cm³/mol. The number of cyclic esters (lactones) is 1. The summed E-state index contributed by atoms with van der Waals surface area (Å²) in [6.45, 7) is 3.65. The lowest BCUT2D eigenvalue weighted by Gasteiger charge is -2.28. The van der Waals surface area contributed by atoms with E-state index >= 15 is 0 Å². The number of hydrogen-bond acceptors (Lipinski definition) is 5. The van der Waals surface area contributed by atoms with Crippen LogP contribution in [-0.2, 0) is 20.8 Å². The van der Waals surface area contributed by atoms with Crippen molar-refractivity contribution in [3.63, 3.8) is 0 Å². The molecule has 1 fully saturated rings. The lowest BCUT2D eigenvalue weighted by atomic mass is 9.91. The summed E-state index contributed by atoms with van der Waals surface area (Å²) in [6.07, 6.45) is 3.10. The molecule has 2 aliphatic heterocycles. The summed E-state index contributed by atoms with van der Waals surface area (Å²) >= 11 is 0. The average molecular weight is 404 g/mol. The molecular weight excluding hydrogens is 380 g/mol. The van der Waals surface area contributed by atoms with Crippen molar-refractivity contribution in [3.8, 4) is 0 Å². The number of hydrogen-bond donors (Lipinski definition) is 0. The molecule has 1 saturated heterocycles. The highest BCUT2D eigenvalue weighted by Crippen LogP contribution is 2.33. The molecule has 0 radical (unpaired) electrons. The molecule has 2 atom stereocenters. The number of oxime groups is 1. The molecule has 4 rings (SSSR count). The van der Waals surface area contributed by atoms with Crippen molar-refractivity contribution in [1.82, 2.24) is 4.90 Å². The van der Waals surface area contributed by atoms with E-state index in [0.29, 0.717) is 18.6 Å². The maximum atomic E-state index is 13.2. The molecule has 2 amide bonds. The molecule has 6 nitrogen and oxygen atoms in total. The van der Waals surface area contributed by atoms with Gasteiger partial charge in [0.2, 0.25) is 6.10 Å². The molecule has 154 valence electrons. The molecule has 0 saturated carbocycles. The Morgan fingerprint density at radius 2 is 1.77 bits per heavy atom. The van der Waals surface area contributed by atoms with Crippen molar-refractivity contribution in [2.45, 2.75) is 44.4 Å². The molecular formula is C24H24N2O4. The number of ether oxygens (including phenoxy) is 1. The van der Waals surface area contributed by atoms with Crippen LogP contribution in [0.4, 0.5) is 4.79 Å². The predicted octanol–water partition coefficient (Wildman–Crippen LogP) is 4.21. The standard InChI is InChI=1S/C24H24N2O4/c1-24(2)21(15-18-11-7-4-8-12-18)26(23(28)29-24)22(27)20-16-19(25-30-20)14-13-17-9-5-3-6-10-17/h3-14,20-21H,15-16H2,1-2H3/b14-13+/t20-,21-/m0/s1. The first-order valence-electron chi connectivity index (χ1n) is 10.00. The number of amides is 2. The topological polar surface area (TPSA) is 68.2 Å². The van der Waals surface area contributed by atoms with Gasteiger partial charge in [-0.25, -0.2) is 9.69 Å². The van der Waals surface area contributed by atoms with Gasteiger partial charge in [0, 0.05) is 6.42 Å². The molecule has 0 aliphatic carbocycles. The van der Waals surface area contributed by atoms with Crippen LogP contribution in [0.3, 0.4) is 0 Å². The van der Waals surface area contributed by atoms with Crippen LogP contribution < -0.4 is 0 Å². The SMILES string of the molecule is CC1(C)OC(=O)N(C(=O)[C@@H]2CC(/C=C/c3ccccc3)=NO2)[C@H]1Cc1ccccc1. The Bertz CT molecular complexity index is 983. The summed E-state index contributed by atoms with van der Waals surface area (Å²) in [4.78, 5) is 32.3. The molecule has 2 heterocycles. The largest absolute Gasteiger partial charge is 0.441 e. The van der Waals surface area contributed by atoms with Crippen LogP contribution in [-0.4, -0.2) is 40.4 Å². The summed E-state index contributed by atoms with van der Waals surface area (Å²) in [5.74, 6) is -0.418. The van der Waals surface area contributed by atoms with Gasteiger partial charge < -0.3 is 9.57 Å². The molecule has 6 heteroatoms. The summed E-state index contributed by atoms with van der Waals surface area (Å²) in [6, 6.07) is 19.1. The van der Waals surface area contributed by atoms with E-state index in [1.165, 1.54) is 4.90 Å². The van der Waals surface area contributed by atoms with Gasteiger partial charge in [-0.15, -0.1) is 0 Å². The van der Waals surface area contributed by atoms with E-state index in [1.807, 2.05) is 86.7 Å². The molecule has 2 aromatic carbocycles. The molecule has 2 aromatic rings. The van der Waals surface area contributed by atoms with Crippen molar-refractivity contribution >= 4 is 23.8 Å². The Morgan fingerprint density at radius 3 is 2.47 bits per heavy atom. The monoisotopic (exact) mass is 404 g/mol. The van der Waals surface area contributed by atoms with Gasteiger partial charge in [-0.05, 0) is 37.5 Å². The van der Waals surface area contributed by atoms with Crippen molar-refractivity contribution in [2.24, 2.45) is 5.16 Å². The fraction of sp³-hybridized carbons (Fsp3) is 0.292. The minimum atomic E-state index is -0.833. The van der Waals surface area contributed by atoms with Gasteiger partial charge in [-0.1, -0.05) is 71.9 Å². The zero-order chi connectivity index (χ0) is 21.1. The fourth-order valence-corrected chi connectivity index (χ4v) is 3.74. The Morgan fingerprint density at radius 1 is 1.10 bits per heavy atom. The maximum Gasteiger partial charge on any atom is 0.417 e. The minimum Gasteiger partial charge on any atom is -0.441 e. The summed E-state index contributed by atoms with van der Waals surface area (Å²) in [5.41, 5.74) is 1.92. The third-order valence-corrected chi connectivity index (χ3v) is 5.41. The van der Waals surface area contributed by atoms with E-state index in [2.05, 4.69) is 5.16 Å². The van der Waals surface area contributed by atoms with E-state index in [1.54, 1.807) is 0 Å². The van der Waals surface area contributed by atoms with E-state index in [4.69, 9.17) is 9.57 Å². The van der Waals surface area contributed by atoms with Gasteiger partial charge in [0.05, 0.1) is 11.8 Å². The molecule has 0 aromatic heterocycles. The number of carbonyl (C=O) groups excluding carboxylic acids is 2. The van der Waals surface area contributed by atoms with Crippen LogP contribution in [0.25, 0.3) is 6.08 Å². The summed E-state index contributed by atoms with van der Waals surface area (Å²) in [5, 5.41) is 4.03. The van der Waals surface area contributed by atoms with Gasteiger partial charge >= 0.3 is 6.09 Å². The van der Waals surface area contributed by atoms with Gasteiger partial charge in [0.1, 0.15) is 5.60 Å². The second kappa shape index (κ2) is 8.14. The van der Waals surface area contributed by atoms with Crippen molar-refractivity contribution in [2.75, 3.05) is 0 Å². The van der Waals surface area contributed by atoms with Gasteiger partial charge in [-0.3, -0.25) is 4.79 Å². The molecule has 0 unspecified atom stereocenters. The fourth-order valence-electron chi connectivity index (χ4n) is 3.74. The van der Waals surface area contributed by atoms with Gasteiger partial charge in [0.25, 0.3) is 5.91 Å². The van der Waals surface area contributed by atoms with Crippen molar-refractivity contribution in [3.05, 3.63) is 77.9 Å². The summed E-state index contributed by atoms with van der Waals surface area (Å²) in [7, 11) is 0. The first kappa shape index (κ1) is 19.9. The Hall–Kier alpha value is -3.41. The third-order valence-electron chi connectivity index (χ3n) is 5.41. The van der Waals surface area contributed by atoms with Gasteiger partial charge in [-0.2, -0.15) is 0 Å². The first-order chi connectivity index (χ1) is 14.4. The van der Waals surface area contributed by atoms with Crippen molar-refractivity contribution < 1.29 is 19.2 Å². The highest BCUT2D eigenvalue weighted by molar-refractivity contribution is 6.04. The number of allylic oxidation sites excluding steroid dienone is 1. The number of carbonyl (C=O) groups is 2. The average Bonchev–Trinajstić information content (AvgIpc) is 3.30. The highest BCUT2D eigenvalue weighted by atomic mass is 16.6. The zero-order valence-electron chi connectivity index (χ0n) is 17.0. The molecule has 0 bridgehead atoms. The second-order valence-electron chi connectivity index (χ2n) is 8.01. The first-order valence-corrected chi connectivity index (χ1v) is 10.00. The summed E-state index contributed by atoms with van der Waals surface area (Å²) < 4.78 is 5.52. The zero-order valence-corrected chi connectivity index (χ0v) is 17.0. The van der Waals surface area contributed by atoms with Crippen LogP contribution in [0.1, 0.15) is 31.4 Å². The van der Waals surface area contributed by atoms with E-state index in [9.17, 15) is 9.59 Å². The minimum absolute atomic E-state index is 0.310. The van der Waals surface area contributed by atoms with E-state index < -0.39 is 29.7 Å². The molecule has 0 spiro atoms. The van der Waals surface area contributed by atoms with Gasteiger partial charge in [0.15, 0.2) is 0 Å². The van der Waals surface area contributed by atoms with E-state index in [-0.39, 0.29) is 0 Å². The van der Waals surface area contributed by atoms with Crippen LogP contribution >= 0.6 is 0 Å². The van der Waals surface area contributed by atoms with Crippen LogP contribution in [0, 0.1) is 0 Å². The maximum absolute atomic E-state index is 13.2. The number of imide groups is 1. The van der Waals surface area contributed by atoms with Crippen molar-refractivity contribution in [1.29, 1.82) is 0 Å². The Balaban J connectivity index is 1.46. The normalized spacial score (nSPS) is 22.7. The molecule has 30 heavy (non-hydrogen) atoms. The number of rotatable bonds is 5. The molecule has 2 aliphatic rings. The smallest absolute Gasteiger partial charge is 0.417 e. The number of benzene rings is 2. The second-order valence-corrected chi connectivity index (χ2v) is 8.01. The van der Waals surface area contributed by atoms with Crippen LogP contribution in [0.2, 0.25) is 0 Å².